The van der Waals surface area contributed by atoms with Gasteiger partial charge in [-0.15, -0.1) is 0 Å². The van der Waals surface area contributed by atoms with Gasteiger partial charge in [-0.1, -0.05) is 109 Å². The van der Waals surface area contributed by atoms with Gasteiger partial charge in [-0.3, -0.25) is 19.2 Å². The normalized spacial score (nSPS) is 16.8. The molecule has 1 atom stereocenters. The van der Waals surface area contributed by atoms with Gasteiger partial charge in [0.25, 0.3) is 0 Å². The average molecular weight is 580 g/mol. The summed E-state index contributed by atoms with van der Waals surface area (Å²) in [6.07, 6.45) is 6.87. The number of carbonyl (C=O) groups is 2. The molecule has 7 heteroatoms. The Morgan fingerprint density at radius 2 is 1.52 bits per heavy atom. The summed E-state index contributed by atoms with van der Waals surface area (Å²) in [5.41, 5.74) is 5.12. The van der Waals surface area contributed by atoms with E-state index in [1.54, 1.807) is 20.0 Å². The Morgan fingerprint density at radius 1 is 0.952 bits per heavy atom. The number of nitrogens with zero attached hydrogens (tertiary/aromatic N) is 3. The number of esters is 1. The van der Waals surface area contributed by atoms with Crippen molar-refractivity contribution in [3.8, 4) is 0 Å². The molecule has 6 nitrogen and oxygen atoms in total. The van der Waals surface area contributed by atoms with Gasteiger partial charge in [0.2, 0.25) is 0 Å². The lowest BCUT2D eigenvalue weighted by atomic mass is 9.74. The number of hydrogen-bond donors (Lipinski definition) is 0. The van der Waals surface area contributed by atoms with Crippen molar-refractivity contribution in [1.82, 2.24) is 14.7 Å². The highest BCUT2D eigenvalue weighted by atomic mass is 32.2. The maximum atomic E-state index is 12.3. The van der Waals surface area contributed by atoms with Crippen molar-refractivity contribution in [3.63, 3.8) is 0 Å². The molecule has 0 bridgehead atoms. The molecule has 42 heavy (non-hydrogen) atoms. The van der Waals surface area contributed by atoms with E-state index in [9.17, 15) is 9.59 Å². The van der Waals surface area contributed by atoms with Crippen LogP contribution >= 0.6 is 11.8 Å². The van der Waals surface area contributed by atoms with Crippen molar-refractivity contribution < 1.29 is 14.3 Å². The Hall–Kier alpha value is -3.94. The molecule has 1 saturated heterocycles. The van der Waals surface area contributed by atoms with Crippen molar-refractivity contribution in [3.05, 3.63) is 137 Å². The monoisotopic (exact) mass is 579 g/mol. The molecular formula is C35H37N3O3S. The fraction of sp³-hybridized carbons (Fsp3) is 0.286. The third kappa shape index (κ3) is 6.58. The lowest BCUT2D eigenvalue weighted by Gasteiger charge is -2.49. The summed E-state index contributed by atoms with van der Waals surface area (Å²) in [5.74, 6) is -0.254. The highest BCUT2D eigenvalue weighted by molar-refractivity contribution is 8.14. The van der Waals surface area contributed by atoms with Crippen LogP contribution < -0.4 is 0 Å². The zero-order valence-corrected chi connectivity index (χ0v) is 25.0. The first-order chi connectivity index (χ1) is 20.5. The van der Waals surface area contributed by atoms with E-state index >= 15 is 0 Å². The molecule has 0 N–H and O–H groups in total. The second-order valence-corrected chi connectivity index (χ2v) is 11.8. The zero-order valence-electron chi connectivity index (χ0n) is 24.2. The summed E-state index contributed by atoms with van der Waals surface area (Å²) in [4.78, 5) is 26.8. The molecule has 3 aromatic carbocycles. The number of aromatic nitrogens is 2. The van der Waals surface area contributed by atoms with Crippen molar-refractivity contribution in [2.75, 3.05) is 19.7 Å². The molecule has 4 aromatic rings. The van der Waals surface area contributed by atoms with E-state index in [4.69, 9.17) is 4.74 Å². The fourth-order valence-electron chi connectivity index (χ4n) is 5.95. The number of likely N-dealkylation sites (tertiary alicyclic amines) is 1. The van der Waals surface area contributed by atoms with Crippen molar-refractivity contribution in [2.45, 2.75) is 44.0 Å². The summed E-state index contributed by atoms with van der Waals surface area (Å²) < 4.78 is 6.93. The van der Waals surface area contributed by atoms with Crippen molar-refractivity contribution in [1.29, 1.82) is 0 Å². The first kappa shape index (κ1) is 29.5. The summed E-state index contributed by atoms with van der Waals surface area (Å²) >= 11 is 1.41. The van der Waals surface area contributed by atoms with E-state index in [-0.39, 0.29) is 22.8 Å². The molecule has 1 aliphatic heterocycles. The third-order valence-corrected chi connectivity index (χ3v) is 8.84. The largest absolute Gasteiger partial charge is 0.466 e. The van der Waals surface area contributed by atoms with Crippen LogP contribution in [0, 0.1) is 0 Å². The van der Waals surface area contributed by atoms with Crippen LogP contribution in [-0.4, -0.2) is 50.7 Å². The van der Waals surface area contributed by atoms with Crippen LogP contribution in [-0.2, 0) is 32.8 Å². The molecule has 5 rings (SSSR count). The summed E-state index contributed by atoms with van der Waals surface area (Å²) in [6.45, 7) is 5.88. The molecule has 2 heterocycles. The maximum absolute atomic E-state index is 12.3. The predicted octanol–water partition coefficient (Wildman–Crippen LogP) is 6.26. The van der Waals surface area contributed by atoms with Crippen LogP contribution in [0.3, 0.4) is 0 Å². The van der Waals surface area contributed by atoms with Gasteiger partial charge in [-0.25, -0.2) is 0 Å². The minimum atomic E-state index is -0.521. The first-order valence-electron chi connectivity index (χ1n) is 14.5. The Labute approximate surface area is 252 Å². The van der Waals surface area contributed by atoms with E-state index in [1.807, 2.05) is 10.9 Å². The summed E-state index contributed by atoms with van der Waals surface area (Å²) in [7, 11) is 0. The quantitative estimate of drug-likeness (QED) is 0.126. The van der Waals surface area contributed by atoms with Crippen LogP contribution in [0.5, 0.6) is 0 Å². The maximum Gasteiger partial charge on any atom is 0.310 e. The Morgan fingerprint density at radius 3 is 2.05 bits per heavy atom. The van der Waals surface area contributed by atoms with Crippen LogP contribution in [0.1, 0.15) is 42.5 Å². The molecule has 0 amide bonds. The molecule has 1 aromatic heterocycles. The van der Waals surface area contributed by atoms with Gasteiger partial charge < -0.3 is 4.74 Å². The van der Waals surface area contributed by atoms with Crippen LogP contribution in [0.15, 0.2) is 115 Å². The van der Waals surface area contributed by atoms with Gasteiger partial charge in [0.05, 0.1) is 31.3 Å². The Bertz CT molecular complexity index is 1410. The van der Waals surface area contributed by atoms with Crippen molar-refractivity contribution in [2.24, 2.45) is 0 Å². The highest BCUT2D eigenvalue weighted by Gasteiger charge is 2.44. The highest BCUT2D eigenvalue weighted by Crippen LogP contribution is 2.45. The Balaban J connectivity index is 1.54. The predicted molar refractivity (Wildman–Crippen MR) is 168 cm³/mol. The minimum absolute atomic E-state index is 0.0911. The fourth-order valence-corrected chi connectivity index (χ4v) is 6.90. The second kappa shape index (κ2) is 13.8. The molecule has 216 valence electrons. The smallest absolute Gasteiger partial charge is 0.310 e. The van der Waals surface area contributed by atoms with Gasteiger partial charge in [-0.2, -0.15) is 5.10 Å². The van der Waals surface area contributed by atoms with Gasteiger partial charge in [0.1, 0.15) is 0 Å². The van der Waals surface area contributed by atoms with Crippen molar-refractivity contribution >= 4 is 22.8 Å². The molecule has 0 saturated carbocycles. The van der Waals surface area contributed by atoms with E-state index in [0.717, 1.165) is 18.5 Å². The SMILES string of the molecule is CCOC(=O)Cc1cnn(C/C=C2\CN(C(c3ccccc3)(c3ccccc3)c3ccccc3)CCC2SC(C)=O)c1. The van der Waals surface area contributed by atoms with E-state index in [2.05, 4.69) is 107 Å². The number of rotatable bonds is 10. The molecule has 0 radical (unpaired) electrons. The van der Waals surface area contributed by atoms with E-state index < -0.39 is 5.54 Å². The van der Waals surface area contributed by atoms with E-state index in [1.165, 1.54) is 34.0 Å². The van der Waals surface area contributed by atoms with Gasteiger partial charge in [0, 0.05) is 37.0 Å². The molecule has 0 aliphatic carbocycles. The summed E-state index contributed by atoms with van der Waals surface area (Å²) in [6, 6.07) is 32.1. The third-order valence-electron chi connectivity index (χ3n) is 7.69. The second-order valence-electron chi connectivity index (χ2n) is 10.4. The molecule has 1 unspecified atom stereocenters. The van der Waals surface area contributed by atoms with Gasteiger partial charge in [-0.05, 0) is 35.6 Å². The van der Waals surface area contributed by atoms with Crippen LogP contribution in [0.25, 0.3) is 0 Å². The lowest BCUT2D eigenvalue weighted by molar-refractivity contribution is -0.142. The number of thioether (sulfide) groups is 1. The first-order valence-corrected chi connectivity index (χ1v) is 15.3. The van der Waals surface area contributed by atoms with E-state index in [0.29, 0.717) is 19.7 Å². The zero-order chi connectivity index (χ0) is 29.4. The van der Waals surface area contributed by atoms with Crippen LogP contribution in [0.2, 0.25) is 0 Å². The number of ether oxygens (including phenoxy) is 1. The molecule has 1 aliphatic rings. The number of allylic oxidation sites excluding steroid dienone is 1. The standard InChI is InChI=1S/C35H37N3O3S/c1-3-41-34(40)23-28-24-36-38(25-28)22-19-29-26-37(21-20-33(29)42-27(2)39)35(30-13-7-4-8-14-30,31-15-9-5-10-16-31)32-17-11-6-12-18-32/h4-19,24-25,33H,3,20-23,26H2,1-2H3/b29-19+. The number of carbonyl (C=O) groups excluding carboxylic acids is 2. The number of hydrogen-bond acceptors (Lipinski definition) is 6. The van der Waals surface area contributed by atoms with Gasteiger partial charge in [0.15, 0.2) is 5.12 Å². The number of benzene rings is 3. The topological polar surface area (TPSA) is 64.4 Å². The Kier molecular flexibility index (Phi) is 9.72. The molecular weight excluding hydrogens is 542 g/mol. The average Bonchev–Trinajstić information content (AvgIpc) is 3.46. The molecule has 0 spiro atoms. The molecule has 1 fully saturated rings. The minimum Gasteiger partial charge on any atom is -0.466 e. The number of piperidine rings is 1. The lowest BCUT2D eigenvalue weighted by Crippen LogP contribution is -2.52. The van der Waals surface area contributed by atoms with Crippen LogP contribution in [0.4, 0.5) is 0 Å². The van der Waals surface area contributed by atoms with Gasteiger partial charge >= 0.3 is 5.97 Å². The summed E-state index contributed by atoms with van der Waals surface area (Å²) in [5, 5.41) is 4.70.